The number of ether oxygens (including phenoxy) is 2. The second-order valence-corrected chi connectivity index (χ2v) is 7.65. The van der Waals surface area contributed by atoms with Crippen LogP contribution in [0.5, 0.6) is 0 Å². The molecule has 0 radical (unpaired) electrons. The lowest BCUT2D eigenvalue weighted by Crippen LogP contribution is -2.71. The highest BCUT2D eigenvalue weighted by Gasteiger charge is 2.41. The van der Waals surface area contributed by atoms with E-state index in [0.29, 0.717) is 0 Å². The summed E-state index contributed by atoms with van der Waals surface area (Å²) in [5.41, 5.74) is -0.722. The highest BCUT2D eigenvalue weighted by molar-refractivity contribution is 7.90. The zero-order valence-electron chi connectivity index (χ0n) is 13.7. The number of nitrogens with one attached hydrogen (secondary N) is 3. The van der Waals surface area contributed by atoms with Gasteiger partial charge in [-0.05, 0) is 20.8 Å². The predicted octanol–water partition coefficient (Wildman–Crippen LogP) is -1.60. The third-order valence-electron chi connectivity index (χ3n) is 2.67. The Hall–Kier alpha value is -1.92. The van der Waals surface area contributed by atoms with E-state index in [4.69, 9.17) is 9.57 Å². The first kappa shape index (κ1) is 20.1. The van der Waals surface area contributed by atoms with Crippen molar-refractivity contribution in [3.05, 3.63) is 0 Å². The van der Waals surface area contributed by atoms with Crippen LogP contribution in [-0.4, -0.2) is 63.5 Å². The Morgan fingerprint density at radius 3 is 2.42 bits per heavy atom. The highest BCUT2D eigenvalue weighted by Crippen LogP contribution is 2.10. The topological polar surface area (TPSA) is 149 Å². The third kappa shape index (κ3) is 6.68. The van der Waals surface area contributed by atoms with Crippen LogP contribution in [0.4, 0.5) is 4.79 Å². The first-order valence-electron chi connectivity index (χ1n) is 6.91. The van der Waals surface area contributed by atoms with Gasteiger partial charge in [0.1, 0.15) is 11.6 Å². The molecule has 0 aromatic carbocycles. The molecule has 0 aromatic heterocycles. The van der Waals surface area contributed by atoms with Gasteiger partial charge in [0.2, 0.25) is 15.9 Å². The minimum Gasteiger partial charge on any atom is -0.468 e. The van der Waals surface area contributed by atoms with Gasteiger partial charge in [0.15, 0.2) is 5.75 Å². The van der Waals surface area contributed by atoms with Gasteiger partial charge in [-0.2, -0.15) is 0 Å². The van der Waals surface area contributed by atoms with Gasteiger partial charge in [-0.25, -0.2) is 13.2 Å². The van der Waals surface area contributed by atoms with Crippen molar-refractivity contribution in [2.45, 2.75) is 38.5 Å². The predicted molar refractivity (Wildman–Crippen MR) is 80.0 cm³/mol. The Bertz CT molecular complexity index is 598. The van der Waals surface area contributed by atoms with E-state index in [9.17, 15) is 22.8 Å². The summed E-state index contributed by atoms with van der Waals surface area (Å²) in [6, 6.07) is -1.56. The molecule has 1 aliphatic rings. The van der Waals surface area contributed by atoms with Crippen molar-refractivity contribution in [2.24, 2.45) is 0 Å². The molecule has 1 heterocycles. The van der Waals surface area contributed by atoms with Crippen molar-refractivity contribution >= 4 is 28.0 Å². The Balaban J connectivity index is 2.42. The van der Waals surface area contributed by atoms with Gasteiger partial charge in [-0.1, -0.05) is 4.89 Å². The molecular formula is C12H21N3O8S. The molecule has 0 aliphatic carbocycles. The van der Waals surface area contributed by atoms with Crippen LogP contribution < -0.4 is 15.5 Å². The second-order valence-electron chi connectivity index (χ2n) is 5.97. The van der Waals surface area contributed by atoms with Crippen molar-refractivity contribution in [3.63, 3.8) is 0 Å². The van der Waals surface area contributed by atoms with Crippen molar-refractivity contribution in [2.75, 3.05) is 19.5 Å². The first-order chi connectivity index (χ1) is 10.9. The zero-order chi connectivity index (χ0) is 18.5. The summed E-state index contributed by atoms with van der Waals surface area (Å²) in [7, 11) is -2.97. The van der Waals surface area contributed by atoms with Gasteiger partial charge in [0, 0.05) is 0 Å². The van der Waals surface area contributed by atoms with Gasteiger partial charge in [-0.3, -0.25) is 14.4 Å². The third-order valence-corrected chi connectivity index (χ3v) is 3.66. The zero-order valence-corrected chi connectivity index (χ0v) is 14.6. The second kappa shape index (κ2) is 7.77. The van der Waals surface area contributed by atoms with Crippen LogP contribution in [0.25, 0.3) is 0 Å². The lowest BCUT2D eigenvalue weighted by atomic mass is 10.0. The summed E-state index contributed by atoms with van der Waals surface area (Å²) in [5.74, 6) is -2.31. The van der Waals surface area contributed by atoms with E-state index in [2.05, 4.69) is 15.4 Å². The molecule has 0 saturated carbocycles. The van der Waals surface area contributed by atoms with Crippen molar-refractivity contribution < 1.29 is 37.1 Å². The molecule has 0 spiro atoms. The van der Waals surface area contributed by atoms with Crippen LogP contribution in [-0.2, 0) is 33.9 Å². The molecule has 2 amide bonds. The number of esters is 1. The van der Waals surface area contributed by atoms with E-state index in [-0.39, 0.29) is 6.61 Å². The minimum atomic E-state index is -4.02. The molecule has 24 heavy (non-hydrogen) atoms. The van der Waals surface area contributed by atoms with Gasteiger partial charge < -0.3 is 20.1 Å². The summed E-state index contributed by atoms with van der Waals surface area (Å²) in [6.45, 7) is 4.75. The molecule has 1 fully saturated rings. The number of sulfonamides is 1. The fraction of sp³-hybridized carbons (Fsp3) is 0.750. The average molecular weight is 367 g/mol. The number of carbonyl (C=O) groups is 3. The lowest BCUT2D eigenvalue weighted by Gasteiger charge is -2.36. The molecule has 11 nitrogen and oxygen atoms in total. The number of methoxy groups -OCH3 is 1. The maximum atomic E-state index is 11.6. The fourth-order valence-electron chi connectivity index (χ4n) is 1.64. The van der Waals surface area contributed by atoms with E-state index in [1.54, 1.807) is 25.7 Å². The van der Waals surface area contributed by atoms with Gasteiger partial charge in [0.25, 0.3) is 0 Å². The lowest BCUT2D eigenvalue weighted by molar-refractivity contribution is -0.137. The Morgan fingerprint density at radius 1 is 1.29 bits per heavy atom. The molecule has 2 atom stereocenters. The maximum Gasteiger partial charge on any atom is 0.408 e. The van der Waals surface area contributed by atoms with Crippen LogP contribution in [0, 0.1) is 0 Å². The quantitative estimate of drug-likeness (QED) is 0.277. The summed E-state index contributed by atoms with van der Waals surface area (Å²) >= 11 is 0. The number of hydrogen-bond donors (Lipinski definition) is 3. The summed E-state index contributed by atoms with van der Waals surface area (Å²) < 4.78 is 32.2. The monoisotopic (exact) mass is 367 g/mol. The molecule has 0 aromatic rings. The normalized spacial score (nSPS) is 20.6. The van der Waals surface area contributed by atoms with E-state index in [0.717, 1.165) is 7.11 Å². The molecule has 12 heteroatoms. The Morgan fingerprint density at radius 2 is 1.92 bits per heavy atom. The van der Waals surface area contributed by atoms with Crippen LogP contribution in [0.2, 0.25) is 0 Å². The van der Waals surface area contributed by atoms with E-state index < -0.39 is 51.4 Å². The Labute approximate surface area is 139 Å². The van der Waals surface area contributed by atoms with Crippen molar-refractivity contribution in [1.29, 1.82) is 0 Å². The molecule has 1 rings (SSSR count). The molecule has 138 valence electrons. The minimum absolute atomic E-state index is 0.257. The van der Waals surface area contributed by atoms with Crippen LogP contribution in [0.1, 0.15) is 20.8 Å². The highest BCUT2D eigenvalue weighted by atomic mass is 32.2. The van der Waals surface area contributed by atoms with Crippen LogP contribution in [0.15, 0.2) is 0 Å². The summed E-state index contributed by atoms with van der Waals surface area (Å²) in [5, 5.41) is 4.80. The van der Waals surface area contributed by atoms with Crippen molar-refractivity contribution in [1.82, 2.24) is 15.5 Å². The molecular weight excluding hydrogens is 346 g/mol. The van der Waals surface area contributed by atoms with Crippen LogP contribution >= 0.6 is 0 Å². The molecule has 0 bridgehead atoms. The largest absolute Gasteiger partial charge is 0.468 e. The number of rotatable bonds is 7. The van der Waals surface area contributed by atoms with Gasteiger partial charge in [-0.15, -0.1) is 0 Å². The smallest absolute Gasteiger partial charge is 0.408 e. The summed E-state index contributed by atoms with van der Waals surface area (Å²) in [6.07, 6.45) is -0.779. The number of β-lactam (4-membered cyclic amide) rings is 1. The standard InChI is InChI=1S/C12H21N3O8S/c1-12(2,3)23-11(18)14-9-7(13-10(9)17)5-22-15-24(19,20)6-8(16)21-4/h7,9,15H,5-6H2,1-4H3,(H,13,17)(H,14,18). The fourth-order valence-corrected chi connectivity index (χ4v) is 2.37. The molecule has 1 saturated heterocycles. The maximum absolute atomic E-state index is 11.6. The van der Waals surface area contributed by atoms with Crippen LogP contribution in [0.3, 0.4) is 0 Å². The number of amides is 2. The van der Waals surface area contributed by atoms with Crippen molar-refractivity contribution in [3.8, 4) is 0 Å². The molecule has 1 aliphatic heterocycles. The molecule has 3 N–H and O–H groups in total. The van der Waals surface area contributed by atoms with E-state index >= 15 is 0 Å². The Kier molecular flexibility index (Phi) is 6.51. The van der Waals surface area contributed by atoms with E-state index in [1.165, 1.54) is 0 Å². The SMILES string of the molecule is COC(=O)CS(=O)(=O)NOCC1NC(=O)C1NC(=O)OC(C)(C)C. The summed E-state index contributed by atoms with van der Waals surface area (Å²) in [4.78, 5) is 40.5. The number of carbonyl (C=O) groups excluding carboxylic acids is 3. The first-order valence-corrected chi connectivity index (χ1v) is 8.57. The number of hydrogen-bond acceptors (Lipinski definition) is 8. The number of alkyl carbamates (subject to hydrolysis) is 1. The molecule has 2 unspecified atom stereocenters. The van der Waals surface area contributed by atoms with Gasteiger partial charge >= 0.3 is 12.1 Å². The average Bonchev–Trinajstić information content (AvgIpc) is 2.41. The van der Waals surface area contributed by atoms with E-state index in [1.807, 2.05) is 0 Å². The van der Waals surface area contributed by atoms with Gasteiger partial charge in [0.05, 0.1) is 19.8 Å².